The standard InChI is InChI=1S/C41H56N8O6S.C8H11NO/c1-9-48-32-15-14-27(19-29(32)30(21-41(5,6)22-55-24-51)37(48)28-13-12-16-43-34(28)26(4)54-8)35-38(42)56-33(46-35)20-31(40(53)49-18-11-10-17-44-49)45-39(52)36(25(2)3)47(7)23-50;1-2-5-8(10)9-6-3-4-7-9/h12-16,19,23-26,31,36,44H,9-11,17-18,20-22,42H2,1-8H3,(H,45,52);3-4,6-7H2,1H3. The largest absolute Gasteiger partial charge is 0.467 e. The average molecular weight is 926 g/mol. The number of methoxy groups -OCH3 is 1. The van der Waals surface area contributed by atoms with Crippen LogP contribution in [0.4, 0.5) is 5.00 Å². The fourth-order valence-electron chi connectivity index (χ4n) is 8.73. The molecule has 5 heterocycles. The highest BCUT2D eigenvalue weighted by Crippen LogP contribution is 2.42. The van der Waals surface area contributed by atoms with Gasteiger partial charge in [0.15, 0.2) is 0 Å². The molecular formula is C49H67N9O7S. The van der Waals surface area contributed by atoms with Crippen LogP contribution in [0.15, 0.2) is 36.5 Å². The molecule has 2 fully saturated rings. The first kappa shape index (κ1) is 51.2. The number of carbonyl (C=O) groups is 5. The lowest BCUT2D eigenvalue weighted by Crippen LogP contribution is -2.58. The van der Waals surface area contributed by atoms with Gasteiger partial charge in [-0.3, -0.25) is 34.0 Å². The summed E-state index contributed by atoms with van der Waals surface area (Å²) in [6, 6.07) is 8.48. The minimum absolute atomic E-state index is 0.0139. The molecule has 2 aliphatic heterocycles. The van der Waals surface area contributed by atoms with E-state index in [2.05, 4.69) is 66.1 Å². The van der Waals surface area contributed by atoms with Gasteiger partial charge < -0.3 is 34.9 Å². The van der Waals surface area contributed by atoms with Crippen LogP contribution < -0.4 is 16.5 Å². The molecule has 356 valence electrons. The topological polar surface area (TPSA) is 194 Å². The normalized spacial score (nSPS) is 15.2. The van der Waals surface area contributed by atoms with Gasteiger partial charge in [-0.15, -0.1) is 11.3 Å². The number of amides is 4. The predicted molar refractivity (Wildman–Crippen MR) is 258 cm³/mol. The lowest BCUT2D eigenvalue weighted by atomic mass is 9.84. The van der Waals surface area contributed by atoms with Crippen LogP contribution in [0.5, 0.6) is 0 Å². The summed E-state index contributed by atoms with van der Waals surface area (Å²) in [5.74, 6) is 4.24. The van der Waals surface area contributed by atoms with Crippen molar-refractivity contribution in [2.45, 2.75) is 112 Å². The zero-order valence-corrected chi connectivity index (χ0v) is 40.8. The summed E-state index contributed by atoms with van der Waals surface area (Å²) in [6.07, 6.45) is 6.90. The molecule has 66 heavy (non-hydrogen) atoms. The maximum absolute atomic E-state index is 13.9. The summed E-state index contributed by atoms with van der Waals surface area (Å²) >= 11 is 1.28. The van der Waals surface area contributed by atoms with Gasteiger partial charge in [-0.25, -0.2) is 10.4 Å². The number of hydrogen-bond donors (Lipinski definition) is 3. The molecular weight excluding hydrogens is 859 g/mol. The minimum Gasteiger partial charge on any atom is -0.467 e. The Morgan fingerprint density at radius 2 is 1.82 bits per heavy atom. The number of nitrogen functional groups attached to an aromatic ring is 1. The van der Waals surface area contributed by atoms with Gasteiger partial charge in [0.05, 0.1) is 29.1 Å². The SMILES string of the molecule is CC#CC(=O)N1CCCC1.CCn1c(-c2cccnc2C(C)OC)c(CC(C)(C)COC=O)c2cc(-c3nc(CC(NC(=O)C(C(C)C)N(C)C=O)C(=O)N4CCCCN4)sc3N)ccc21. The predicted octanol–water partition coefficient (Wildman–Crippen LogP) is 5.78. The summed E-state index contributed by atoms with van der Waals surface area (Å²) in [4.78, 5) is 74.3. The van der Waals surface area contributed by atoms with E-state index in [9.17, 15) is 24.0 Å². The zero-order chi connectivity index (χ0) is 48.1. The summed E-state index contributed by atoms with van der Waals surface area (Å²) < 4.78 is 13.3. The molecule has 4 aromatic rings. The molecule has 4 N–H and O–H groups in total. The van der Waals surface area contributed by atoms with Gasteiger partial charge in [0, 0.05) is 86.9 Å². The number of benzene rings is 1. The number of likely N-dealkylation sites (tertiary alicyclic amines) is 1. The Labute approximate surface area is 392 Å². The molecule has 3 aromatic heterocycles. The Morgan fingerprint density at radius 1 is 1.09 bits per heavy atom. The maximum Gasteiger partial charge on any atom is 0.298 e. The van der Waals surface area contributed by atoms with Crippen molar-refractivity contribution in [1.82, 2.24) is 40.1 Å². The van der Waals surface area contributed by atoms with Crippen molar-refractivity contribution < 1.29 is 33.4 Å². The highest BCUT2D eigenvalue weighted by atomic mass is 32.1. The minimum atomic E-state index is -0.943. The van der Waals surface area contributed by atoms with Gasteiger partial charge in [0.25, 0.3) is 18.3 Å². The number of ether oxygens (including phenoxy) is 2. The number of aryl methyl sites for hydroxylation is 1. The summed E-state index contributed by atoms with van der Waals surface area (Å²) in [5.41, 5.74) is 15.7. The Balaban J connectivity index is 0.000000721. The number of pyridine rings is 1. The van der Waals surface area contributed by atoms with Gasteiger partial charge in [-0.05, 0) is 94.5 Å². The third-order valence-corrected chi connectivity index (χ3v) is 12.9. The van der Waals surface area contributed by atoms with Crippen LogP contribution >= 0.6 is 11.3 Å². The lowest BCUT2D eigenvalue weighted by molar-refractivity contribution is -0.142. The van der Waals surface area contributed by atoms with Gasteiger partial charge in [0.1, 0.15) is 22.8 Å². The van der Waals surface area contributed by atoms with Crippen molar-refractivity contribution in [1.29, 1.82) is 0 Å². The Morgan fingerprint density at radius 3 is 2.44 bits per heavy atom. The number of fused-ring (bicyclic) bond motifs is 1. The van der Waals surface area contributed by atoms with Crippen LogP contribution in [0.3, 0.4) is 0 Å². The van der Waals surface area contributed by atoms with Crippen molar-refractivity contribution >= 4 is 57.8 Å². The van der Waals surface area contributed by atoms with Gasteiger partial charge in [-0.2, -0.15) is 0 Å². The van der Waals surface area contributed by atoms with Crippen molar-refractivity contribution in [3.8, 4) is 34.4 Å². The van der Waals surface area contributed by atoms with E-state index in [-0.39, 0.29) is 36.9 Å². The Hall–Kier alpha value is -5.83. The summed E-state index contributed by atoms with van der Waals surface area (Å²) in [5, 5.41) is 6.58. The van der Waals surface area contributed by atoms with E-state index in [1.165, 1.54) is 16.2 Å². The molecule has 0 saturated carbocycles. The second-order valence-corrected chi connectivity index (χ2v) is 19.0. The smallest absolute Gasteiger partial charge is 0.298 e. The Bertz CT molecular complexity index is 2390. The fraction of sp³-hybridized carbons (Fsp3) is 0.531. The molecule has 4 amide bonds. The third kappa shape index (κ3) is 12.3. The molecule has 0 radical (unpaired) electrons. The summed E-state index contributed by atoms with van der Waals surface area (Å²) in [6.45, 7) is 18.0. The van der Waals surface area contributed by atoms with E-state index in [0.717, 1.165) is 77.8 Å². The molecule has 2 aliphatic rings. The number of rotatable bonds is 18. The van der Waals surface area contributed by atoms with E-state index >= 15 is 0 Å². The van der Waals surface area contributed by atoms with Gasteiger partial charge >= 0.3 is 0 Å². The third-order valence-electron chi connectivity index (χ3n) is 12.0. The maximum atomic E-state index is 13.9. The van der Waals surface area contributed by atoms with Crippen LogP contribution in [0, 0.1) is 23.2 Å². The highest BCUT2D eigenvalue weighted by Gasteiger charge is 2.34. The molecule has 3 unspecified atom stereocenters. The van der Waals surface area contributed by atoms with E-state index in [0.29, 0.717) is 54.6 Å². The molecule has 1 aromatic carbocycles. The highest BCUT2D eigenvalue weighted by molar-refractivity contribution is 7.16. The van der Waals surface area contributed by atoms with Gasteiger partial charge in [0.2, 0.25) is 12.3 Å². The molecule has 17 heteroatoms. The van der Waals surface area contributed by atoms with Crippen LogP contribution in [0.25, 0.3) is 33.4 Å². The molecule has 16 nitrogen and oxygen atoms in total. The molecule has 0 spiro atoms. The summed E-state index contributed by atoms with van der Waals surface area (Å²) in [7, 11) is 3.23. The zero-order valence-electron chi connectivity index (χ0n) is 39.9. The van der Waals surface area contributed by atoms with E-state index in [4.69, 9.17) is 25.2 Å². The second kappa shape index (κ2) is 23.6. The number of thiazole rings is 1. The number of hydrogen-bond acceptors (Lipinski definition) is 12. The molecule has 0 aliphatic carbocycles. The van der Waals surface area contributed by atoms with E-state index in [1.54, 1.807) is 37.2 Å². The molecule has 6 rings (SSSR count). The monoisotopic (exact) mass is 925 g/mol. The molecule has 3 atom stereocenters. The lowest BCUT2D eigenvalue weighted by Gasteiger charge is -2.33. The average Bonchev–Trinajstić information content (AvgIpc) is 4.06. The van der Waals surface area contributed by atoms with Crippen LogP contribution in [0.2, 0.25) is 0 Å². The fourth-order valence-corrected chi connectivity index (χ4v) is 9.63. The molecule has 2 saturated heterocycles. The van der Waals surface area contributed by atoms with Crippen LogP contribution in [0.1, 0.15) is 96.5 Å². The molecule has 0 bridgehead atoms. The number of nitrogens with one attached hydrogen (secondary N) is 2. The number of carbonyl (C=O) groups excluding carboxylic acids is 5. The first-order chi connectivity index (χ1) is 31.6. The van der Waals surface area contributed by atoms with E-state index in [1.807, 2.05) is 32.9 Å². The number of anilines is 1. The first-order valence-corrected chi connectivity index (χ1v) is 23.6. The van der Waals surface area contributed by atoms with Crippen molar-refractivity contribution in [2.24, 2.45) is 11.3 Å². The number of aromatic nitrogens is 3. The van der Waals surface area contributed by atoms with Crippen molar-refractivity contribution in [3.63, 3.8) is 0 Å². The second-order valence-electron chi connectivity index (χ2n) is 17.9. The first-order valence-electron chi connectivity index (χ1n) is 22.8. The van der Waals surface area contributed by atoms with Gasteiger partial charge in [-0.1, -0.05) is 39.7 Å². The van der Waals surface area contributed by atoms with Crippen LogP contribution in [-0.4, -0.2) is 119 Å². The Kier molecular flexibility index (Phi) is 18.3. The number of nitrogens with zero attached hydrogens (tertiary/aromatic N) is 6. The van der Waals surface area contributed by atoms with Crippen LogP contribution in [-0.2, 0) is 52.8 Å². The van der Waals surface area contributed by atoms with E-state index < -0.39 is 23.4 Å². The number of nitrogens with two attached hydrogens (primary N) is 1. The number of likely N-dealkylation sites (N-methyl/N-ethyl adjacent to an activating group) is 1. The van der Waals surface area contributed by atoms with Crippen molar-refractivity contribution in [2.75, 3.05) is 52.7 Å². The number of hydrazine groups is 1. The quantitative estimate of drug-likeness (QED) is 0.0810. The van der Waals surface area contributed by atoms with Crippen molar-refractivity contribution in [3.05, 3.63) is 52.8 Å².